The molecule has 5 nitrogen and oxygen atoms in total. The van der Waals surface area contributed by atoms with E-state index in [1.807, 2.05) is 17.6 Å². The Labute approximate surface area is 110 Å². The predicted molar refractivity (Wildman–Crippen MR) is 71.4 cm³/mol. The number of carboxylic acids is 1. The van der Waals surface area contributed by atoms with Crippen LogP contribution >= 0.6 is 0 Å². The molecule has 0 fully saturated rings. The summed E-state index contributed by atoms with van der Waals surface area (Å²) in [5, 5.41) is 8.79. The van der Waals surface area contributed by atoms with Crippen LogP contribution in [0.5, 0.6) is 0 Å². The summed E-state index contributed by atoms with van der Waals surface area (Å²) in [4.78, 5) is 26.5. The Morgan fingerprint density at radius 1 is 1.37 bits per heavy atom. The Hall–Kier alpha value is -2.17. The van der Waals surface area contributed by atoms with Crippen molar-refractivity contribution >= 4 is 22.8 Å². The molecule has 0 amide bonds. The van der Waals surface area contributed by atoms with Crippen molar-refractivity contribution in [1.29, 1.82) is 0 Å². The number of benzene rings is 1. The highest BCUT2D eigenvalue weighted by Crippen LogP contribution is 2.19. The first kappa shape index (κ1) is 13.3. The molecule has 0 aliphatic rings. The van der Waals surface area contributed by atoms with Gasteiger partial charge in [-0.05, 0) is 25.1 Å². The molecule has 0 unspecified atom stereocenters. The molecule has 2 aromatic rings. The number of carbonyl (C=O) groups is 2. The molecule has 1 aromatic carbocycles. The van der Waals surface area contributed by atoms with Gasteiger partial charge in [-0.15, -0.1) is 0 Å². The van der Waals surface area contributed by atoms with E-state index < -0.39 is 5.97 Å². The zero-order valence-corrected chi connectivity index (χ0v) is 11.0. The third-order valence-electron chi connectivity index (χ3n) is 3.10. The molecule has 1 N–H and O–H groups in total. The summed E-state index contributed by atoms with van der Waals surface area (Å²) < 4.78 is 1.91. The van der Waals surface area contributed by atoms with Gasteiger partial charge in [0.25, 0.3) is 0 Å². The number of hydrogen-bond acceptors (Lipinski definition) is 3. The number of fused-ring (bicyclic) bond motifs is 1. The summed E-state index contributed by atoms with van der Waals surface area (Å²) >= 11 is 0. The molecule has 0 aliphatic carbocycles. The number of imidazole rings is 1. The van der Waals surface area contributed by atoms with Crippen molar-refractivity contribution in [2.45, 2.75) is 33.2 Å². The SMILES string of the molecule is CCc1nc2cc(C(C)=O)ccc2n1CCC(=O)O. The van der Waals surface area contributed by atoms with Crippen LogP contribution in [0.15, 0.2) is 18.2 Å². The van der Waals surface area contributed by atoms with Crippen LogP contribution in [0.3, 0.4) is 0 Å². The van der Waals surface area contributed by atoms with Gasteiger partial charge in [-0.25, -0.2) is 4.98 Å². The molecule has 19 heavy (non-hydrogen) atoms. The Balaban J connectivity index is 2.49. The van der Waals surface area contributed by atoms with Gasteiger partial charge in [-0.3, -0.25) is 9.59 Å². The number of nitrogens with zero attached hydrogens (tertiary/aromatic N) is 2. The largest absolute Gasteiger partial charge is 0.481 e. The predicted octanol–water partition coefficient (Wildman–Crippen LogP) is 2.28. The second kappa shape index (κ2) is 5.22. The minimum Gasteiger partial charge on any atom is -0.481 e. The van der Waals surface area contributed by atoms with Gasteiger partial charge in [-0.1, -0.05) is 6.92 Å². The number of aromatic nitrogens is 2. The molecular formula is C14H16N2O3. The Morgan fingerprint density at radius 3 is 2.68 bits per heavy atom. The molecule has 0 aliphatic heterocycles. The Bertz CT molecular complexity index is 643. The van der Waals surface area contributed by atoms with Crippen molar-refractivity contribution in [3.05, 3.63) is 29.6 Å². The molecule has 1 aromatic heterocycles. The van der Waals surface area contributed by atoms with Gasteiger partial charge in [0.2, 0.25) is 0 Å². The number of carbonyl (C=O) groups excluding carboxylic acids is 1. The minimum absolute atomic E-state index is 0.0000319. The maximum absolute atomic E-state index is 11.4. The fourth-order valence-electron chi connectivity index (χ4n) is 2.13. The smallest absolute Gasteiger partial charge is 0.305 e. The van der Waals surface area contributed by atoms with E-state index in [0.717, 1.165) is 23.3 Å². The normalized spacial score (nSPS) is 10.8. The van der Waals surface area contributed by atoms with E-state index in [4.69, 9.17) is 5.11 Å². The average Bonchev–Trinajstić information content (AvgIpc) is 2.72. The first-order valence-electron chi connectivity index (χ1n) is 6.24. The second-order valence-corrected chi connectivity index (χ2v) is 4.44. The van der Waals surface area contributed by atoms with Gasteiger partial charge in [0, 0.05) is 18.5 Å². The zero-order valence-electron chi connectivity index (χ0n) is 11.0. The maximum atomic E-state index is 11.4. The summed E-state index contributed by atoms with van der Waals surface area (Å²) in [5.74, 6) is 0.0150. The summed E-state index contributed by atoms with van der Waals surface area (Å²) in [5.41, 5.74) is 2.25. The lowest BCUT2D eigenvalue weighted by Crippen LogP contribution is -2.07. The lowest BCUT2D eigenvalue weighted by Gasteiger charge is -2.06. The van der Waals surface area contributed by atoms with Gasteiger partial charge in [-0.2, -0.15) is 0 Å². The number of aryl methyl sites for hydroxylation is 2. The van der Waals surface area contributed by atoms with E-state index in [1.165, 1.54) is 6.92 Å². The van der Waals surface area contributed by atoms with E-state index in [-0.39, 0.29) is 12.2 Å². The summed E-state index contributed by atoms with van der Waals surface area (Å²) in [6.45, 7) is 3.89. The van der Waals surface area contributed by atoms with Crippen LogP contribution in [-0.2, 0) is 17.8 Å². The van der Waals surface area contributed by atoms with Gasteiger partial charge in [0.05, 0.1) is 17.5 Å². The van der Waals surface area contributed by atoms with Crippen LogP contribution in [-0.4, -0.2) is 26.4 Å². The van der Waals surface area contributed by atoms with Crippen LogP contribution in [0, 0.1) is 0 Å². The number of ketones is 1. The van der Waals surface area contributed by atoms with Crippen LogP contribution in [0.4, 0.5) is 0 Å². The van der Waals surface area contributed by atoms with Crippen LogP contribution in [0.25, 0.3) is 11.0 Å². The minimum atomic E-state index is -0.829. The highest BCUT2D eigenvalue weighted by molar-refractivity contribution is 5.97. The van der Waals surface area contributed by atoms with E-state index in [2.05, 4.69) is 4.98 Å². The fraction of sp³-hybridized carbons (Fsp3) is 0.357. The highest BCUT2D eigenvalue weighted by Gasteiger charge is 2.12. The summed E-state index contributed by atoms with van der Waals surface area (Å²) in [7, 11) is 0. The van der Waals surface area contributed by atoms with Crippen molar-refractivity contribution in [3.63, 3.8) is 0 Å². The Kier molecular flexibility index (Phi) is 3.64. The molecule has 0 saturated heterocycles. The van der Waals surface area contributed by atoms with Gasteiger partial charge >= 0.3 is 5.97 Å². The number of Topliss-reactive ketones (excluding diaryl/α,β-unsaturated/α-hetero) is 1. The van der Waals surface area contributed by atoms with Crippen LogP contribution in [0.1, 0.15) is 36.5 Å². The molecule has 5 heteroatoms. The third kappa shape index (κ3) is 2.65. The molecule has 2 rings (SSSR count). The van der Waals surface area contributed by atoms with Gasteiger partial charge in [0.1, 0.15) is 5.82 Å². The number of rotatable bonds is 5. The molecule has 0 spiro atoms. The van der Waals surface area contributed by atoms with E-state index in [0.29, 0.717) is 12.1 Å². The van der Waals surface area contributed by atoms with Crippen molar-refractivity contribution in [2.75, 3.05) is 0 Å². The van der Waals surface area contributed by atoms with Crippen molar-refractivity contribution in [1.82, 2.24) is 9.55 Å². The first-order chi connectivity index (χ1) is 9.02. The van der Waals surface area contributed by atoms with Crippen LogP contribution in [0.2, 0.25) is 0 Å². The molecule has 0 saturated carbocycles. The molecular weight excluding hydrogens is 244 g/mol. The monoisotopic (exact) mass is 260 g/mol. The molecule has 0 radical (unpaired) electrons. The first-order valence-corrected chi connectivity index (χ1v) is 6.24. The van der Waals surface area contributed by atoms with E-state index in [1.54, 1.807) is 12.1 Å². The van der Waals surface area contributed by atoms with Gasteiger partial charge < -0.3 is 9.67 Å². The molecule has 0 bridgehead atoms. The van der Waals surface area contributed by atoms with Crippen molar-refractivity contribution < 1.29 is 14.7 Å². The molecule has 1 heterocycles. The maximum Gasteiger partial charge on any atom is 0.305 e. The lowest BCUT2D eigenvalue weighted by atomic mass is 10.1. The highest BCUT2D eigenvalue weighted by atomic mass is 16.4. The molecule has 100 valence electrons. The third-order valence-corrected chi connectivity index (χ3v) is 3.10. The average molecular weight is 260 g/mol. The van der Waals surface area contributed by atoms with E-state index >= 15 is 0 Å². The van der Waals surface area contributed by atoms with Gasteiger partial charge in [0.15, 0.2) is 5.78 Å². The standard InChI is InChI=1S/C14H16N2O3/c1-3-13-15-11-8-10(9(2)17)4-5-12(11)16(13)7-6-14(18)19/h4-5,8H,3,6-7H2,1-2H3,(H,18,19). The fourth-order valence-corrected chi connectivity index (χ4v) is 2.13. The quantitative estimate of drug-likeness (QED) is 0.837. The topological polar surface area (TPSA) is 72.2 Å². The van der Waals surface area contributed by atoms with E-state index in [9.17, 15) is 9.59 Å². The Morgan fingerprint density at radius 2 is 2.11 bits per heavy atom. The number of aliphatic carboxylic acids is 1. The number of hydrogen-bond donors (Lipinski definition) is 1. The second-order valence-electron chi connectivity index (χ2n) is 4.44. The van der Waals surface area contributed by atoms with Crippen LogP contribution < -0.4 is 0 Å². The molecule has 0 atom stereocenters. The van der Waals surface area contributed by atoms with Crippen molar-refractivity contribution in [2.24, 2.45) is 0 Å². The summed E-state index contributed by atoms with van der Waals surface area (Å²) in [6, 6.07) is 5.34. The number of carboxylic acid groups (broad SMARTS) is 1. The van der Waals surface area contributed by atoms with Crippen molar-refractivity contribution in [3.8, 4) is 0 Å². The lowest BCUT2D eigenvalue weighted by molar-refractivity contribution is -0.137. The summed E-state index contributed by atoms with van der Waals surface area (Å²) in [6.07, 6.45) is 0.788. The zero-order chi connectivity index (χ0) is 14.0.